The van der Waals surface area contributed by atoms with Crippen LogP contribution in [0.1, 0.15) is 6.42 Å². The number of piperidine rings is 2. The summed E-state index contributed by atoms with van der Waals surface area (Å²) >= 11 is 3.61. The van der Waals surface area contributed by atoms with Crippen molar-refractivity contribution >= 4 is 28.0 Å². The number of para-hydroxylation sites is 1. The van der Waals surface area contributed by atoms with Crippen LogP contribution in [0.5, 0.6) is 5.75 Å². The normalized spacial score (nSPS) is 36.5. The summed E-state index contributed by atoms with van der Waals surface area (Å²) in [5.74, 6) is 0.360. The van der Waals surface area contributed by atoms with E-state index in [0.717, 1.165) is 6.42 Å². The van der Waals surface area contributed by atoms with E-state index in [2.05, 4.69) is 15.9 Å². The first-order chi connectivity index (χ1) is 10.1. The zero-order valence-corrected chi connectivity index (χ0v) is 12.7. The van der Waals surface area contributed by atoms with E-state index >= 15 is 0 Å². The van der Waals surface area contributed by atoms with Gasteiger partial charge in [-0.2, -0.15) is 0 Å². The molecule has 5 rings (SSSR count). The zero-order valence-electron chi connectivity index (χ0n) is 11.1. The maximum absolute atomic E-state index is 12.4. The summed E-state index contributed by atoms with van der Waals surface area (Å²) in [5, 5.41) is 0. The van der Waals surface area contributed by atoms with Crippen LogP contribution in [0.25, 0.3) is 0 Å². The lowest BCUT2D eigenvalue weighted by Gasteiger charge is -2.48. The van der Waals surface area contributed by atoms with Crippen LogP contribution in [0.3, 0.4) is 0 Å². The summed E-state index contributed by atoms with van der Waals surface area (Å²) in [5.41, 5.74) is 0. The Bertz CT molecular complexity index is 593. The zero-order chi connectivity index (χ0) is 14.6. The van der Waals surface area contributed by atoms with Gasteiger partial charge in [-0.1, -0.05) is 34.1 Å². The summed E-state index contributed by atoms with van der Waals surface area (Å²) in [6.07, 6.45) is 0.132. The van der Waals surface area contributed by atoms with Crippen LogP contribution in [0.15, 0.2) is 30.3 Å². The fourth-order valence-corrected chi connectivity index (χ4v) is 4.47. The van der Waals surface area contributed by atoms with E-state index in [0.29, 0.717) is 12.3 Å². The molecule has 5 atom stereocenters. The Morgan fingerprint density at radius 1 is 1.33 bits per heavy atom. The molecule has 4 aliphatic rings. The number of esters is 1. The van der Waals surface area contributed by atoms with Crippen molar-refractivity contribution in [3.63, 3.8) is 0 Å². The van der Waals surface area contributed by atoms with Crippen LogP contribution < -0.4 is 4.74 Å². The van der Waals surface area contributed by atoms with Crippen molar-refractivity contribution in [2.45, 2.75) is 23.4 Å². The Hall–Kier alpha value is -1.56. The fourth-order valence-electron chi connectivity index (χ4n) is 3.66. The van der Waals surface area contributed by atoms with E-state index in [1.807, 2.05) is 18.2 Å². The van der Waals surface area contributed by atoms with Crippen LogP contribution in [-0.4, -0.2) is 40.5 Å². The lowest BCUT2D eigenvalue weighted by Crippen LogP contribution is -2.64. The molecule has 4 bridgehead atoms. The third-order valence-electron chi connectivity index (χ3n) is 4.60. The van der Waals surface area contributed by atoms with Gasteiger partial charge in [-0.3, -0.25) is 9.69 Å². The largest absolute Gasteiger partial charge is 0.459 e. The monoisotopic (exact) mass is 351 g/mol. The molecular weight excluding hydrogens is 338 g/mol. The first kappa shape index (κ1) is 13.1. The highest BCUT2D eigenvalue weighted by Gasteiger charge is 2.62. The van der Waals surface area contributed by atoms with Gasteiger partial charge in [0.2, 0.25) is 0 Å². The molecule has 1 aromatic rings. The number of nitrogens with zero attached hydrogens (tertiary/aromatic N) is 1. The number of carbonyl (C=O) groups excluding carboxylic acids is 2. The highest BCUT2D eigenvalue weighted by molar-refractivity contribution is 9.09. The molecule has 0 N–H and O–H groups in total. The van der Waals surface area contributed by atoms with E-state index in [1.165, 1.54) is 0 Å². The first-order valence-corrected chi connectivity index (χ1v) is 7.95. The number of benzene rings is 1. The minimum Gasteiger partial charge on any atom is -0.459 e. The minimum absolute atomic E-state index is 0.131. The van der Waals surface area contributed by atoms with Gasteiger partial charge in [0.1, 0.15) is 11.9 Å². The molecule has 1 amide bonds. The van der Waals surface area contributed by atoms with Gasteiger partial charge in [-0.05, 0) is 24.5 Å². The summed E-state index contributed by atoms with van der Waals surface area (Å²) in [6.45, 7) is 0.607. The summed E-state index contributed by atoms with van der Waals surface area (Å²) in [7, 11) is 0. The molecule has 4 fully saturated rings. The minimum atomic E-state index is -0.399. The molecule has 21 heavy (non-hydrogen) atoms. The molecular formula is C15H14BrNO4. The average Bonchev–Trinajstić information content (AvgIpc) is 2.79. The molecule has 1 aromatic carbocycles. The van der Waals surface area contributed by atoms with Gasteiger partial charge in [0.25, 0.3) is 0 Å². The quantitative estimate of drug-likeness (QED) is 0.574. The molecule has 1 saturated carbocycles. The topological polar surface area (TPSA) is 55.8 Å². The number of hydrogen-bond donors (Lipinski definition) is 0. The summed E-state index contributed by atoms with van der Waals surface area (Å²) in [6, 6.07) is 8.77. The number of amides is 1. The number of hydrogen-bond acceptors (Lipinski definition) is 4. The van der Waals surface area contributed by atoms with Gasteiger partial charge in [0, 0.05) is 6.54 Å². The lowest BCUT2D eigenvalue weighted by molar-refractivity contribution is -0.143. The molecule has 6 heteroatoms. The Morgan fingerprint density at radius 3 is 2.86 bits per heavy atom. The molecule has 3 saturated heterocycles. The number of fused-ring (bicyclic) bond motifs is 1. The predicted octanol–water partition coefficient (Wildman–Crippen LogP) is 2.19. The van der Waals surface area contributed by atoms with Gasteiger partial charge in [-0.25, -0.2) is 4.79 Å². The lowest BCUT2D eigenvalue weighted by atomic mass is 9.73. The SMILES string of the molecule is O=C1O[C@@H]2[C@@H](Br)[C@@H]3C[C@H]1[C@H]2N(C(=O)Oc1ccccc1)C3. The van der Waals surface area contributed by atoms with E-state index in [4.69, 9.17) is 9.47 Å². The third-order valence-corrected chi connectivity index (χ3v) is 5.87. The van der Waals surface area contributed by atoms with E-state index in [-0.39, 0.29) is 34.8 Å². The fraction of sp³-hybridized carbons (Fsp3) is 0.467. The van der Waals surface area contributed by atoms with E-state index in [1.54, 1.807) is 17.0 Å². The number of carbonyl (C=O) groups is 2. The summed E-state index contributed by atoms with van der Waals surface area (Å²) in [4.78, 5) is 26.1. The predicted molar refractivity (Wildman–Crippen MR) is 77.2 cm³/mol. The van der Waals surface area contributed by atoms with Gasteiger partial charge in [-0.15, -0.1) is 0 Å². The first-order valence-electron chi connectivity index (χ1n) is 7.03. The molecule has 0 unspecified atom stereocenters. The van der Waals surface area contributed by atoms with Gasteiger partial charge in [0.05, 0.1) is 16.8 Å². The highest BCUT2D eigenvalue weighted by Crippen LogP contribution is 2.48. The number of rotatable bonds is 1. The molecule has 5 nitrogen and oxygen atoms in total. The average molecular weight is 352 g/mol. The van der Waals surface area contributed by atoms with Gasteiger partial charge >= 0.3 is 12.1 Å². The van der Waals surface area contributed by atoms with Crippen LogP contribution in [0, 0.1) is 11.8 Å². The van der Waals surface area contributed by atoms with Crippen molar-refractivity contribution in [2.24, 2.45) is 11.8 Å². The van der Waals surface area contributed by atoms with Crippen molar-refractivity contribution < 1.29 is 19.1 Å². The van der Waals surface area contributed by atoms with E-state index in [9.17, 15) is 9.59 Å². The van der Waals surface area contributed by atoms with Crippen LogP contribution in [0.4, 0.5) is 4.79 Å². The van der Waals surface area contributed by atoms with Crippen molar-refractivity contribution in [1.82, 2.24) is 4.90 Å². The van der Waals surface area contributed by atoms with Crippen LogP contribution in [0.2, 0.25) is 0 Å². The maximum atomic E-state index is 12.4. The van der Waals surface area contributed by atoms with Gasteiger partial charge < -0.3 is 9.47 Å². The molecule has 1 aliphatic carbocycles. The molecule has 3 aliphatic heterocycles. The Labute approximate surface area is 130 Å². The molecule has 110 valence electrons. The van der Waals surface area contributed by atoms with Crippen molar-refractivity contribution in [1.29, 1.82) is 0 Å². The number of halogens is 1. The Kier molecular flexibility index (Phi) is 2.96. The molecule has 0 aromatic heterocycles. The molecule has 0 radical (unpaired) electrons. The van der Waals surface area contributed by atoms with Crippen LogP contribution in [-0.2, 0) is 9.53 Å². The van der Waals surface area contributed by atoms with Crippen molar-refractivity contribution in [3.05, 3.63) is 30.3 Å². The third kappa shape index (κ3) is 1.96. The summed E-state index contributed by atoms with van der Waals surface area (Å²) < 4.78 is 10.8. The second-order valence-corrected chi connectivity index (χ2v) is 6.83. The smallest absolute Gasteiger partial charge is 0.415 e. The highest BCUT2D eigenvalue weighted by atomic mass is 79.9. The number of ether oxygens (including phenoxy) is 2. The maximum Gasteiger partial charge on any atom is 0.415 e. The second-order valence-electron chi connectivity index (χ2n) is 5.77. The second kappa shape index (κ2) is 4.73. The van der Waals surface area contributed by atoms with Crippen LogP contribution >= 0.6 is 15.9 Å². The standard InChI is InChI=1S/C15H14BrNO4/c16-11-8-6-10-12(13(11)21-14(10)18)17(7-8)15(19)20-9-4-2-1-3-5-9/h1-5,8,10-13H,6-7H2/t8-,10+,11+,12-,13-/m1/s1. The number of alkyl halides is 1. The van der Waals surface area contributed by atoms with E-state index < -0.39 is 6.09 Å². The van der Waals surface area contributed by atoms with Crippen molar-refractivity contribution in [2.75, 3.05) is 6.54 Å². The van der Waals surface area contributed by atoms with Gasteiger partial charge in [0.15, 0.2) is 0 Å². The Morgan fingerprint density at radius 2 is 2.10 bits per heavy atom. The Balaban J connectivity index is 1.57. The molecule has 3 heterocycles. The molecule has 0 spiro atoms. The van der Waals surface area contributed by atoms with Crippen molar-refractivity contribution in [3.8, 4) is 5.75 Å².